The molecule has 0 radical (unpaired) electrons. The minimum absolute atomic E-state index is 0.00251. The standard InChI is InChI=1S/C10H16N2O4S/c1-2-5-17-6-9(14)12-7(10(15)16)3-4-8(11)13/h2,7H,1,3-6H2,(H2,11,13)(H,12,14)(H,15,16). The van der Waals surface area contributed by atoms with E-state index in [2.05, 4.69) is 11.9 Å². The maximum Gasteiger partial charge on any atom is 0.326 e. The van der Waals surface area contributed by atoms with Crippen molar-refractivity contribution in [2.75, 3.05) is 11.5 Å². The van der Waals surface area contributed by atoms with Gasteiger partial charge in [-0.1, -0.05) is 6.08 Å². The molecule has 0 aromatic rings. The number of hydrogen-bond donors (Lipinski definition) is 3. The molecule has 0 aliphatic rings. The van der Waals surface area contributed by atoms with Gasteiger partial charge < -0.3 is 16.2 Å². The van der Waals surface area contributed by atoms with Crippen molar-refractivity contribution in [3.05, 3.63) is 12.7 Å². The van der Waals surface area contributed by atoms with Crippen LogP contribution < -0.4 is 11.1 Å². The summed E-state index contributed by atoms with van der Waals surface area (Å²) in [4.78, 5) is 32.6. The molecule has 17 heavy (non-hydrogen) atoms. The maximum absolute atomic E-state index is 11.3. The molecule has 6 nitrogen and oxygen atoms in total. The number of carbonyl (C=O) groups excluding carboxylic acids is 2. The number of carbonyl (C=O) groups is 3. The molecule has 0 rings (SSSR count). The zero-order valence-corrected chi connectivity index (χ0v) is 10.2. The largest absolute Gasteiger partial charge is 0.480 e. The van der Waals surface area contributed by atoms with Gasteiger partial charge in [0.1, 0.15) is 6.04 Å². The number of nitrogens with one attached hydrogen (secondary N) is 1. The lowest BCUT2D eigenvalue weighted by atomic mass is 10.1. The molecule has 2 amide bonds. The summed E-state index contributed by atoms with van der Waals surface area (Å²) in [6.45, 7) is 3.50. The number of carboxylic acids is 1. The van der Waals surface area contributed by atoms with Crippen LogP contribution in [-0.2, 0) is 14.4 Å². The number of rotatable bonds is 9. The Kier molecular flexibility index (Phi) is 7.87. The second kappa shape index (κ2) is 8.63. The van der Waals surface area contributed by atoms with Gasteiger partial charge in [-0.05, 0) is 6.42 Å². The van der Waals surface area contributed by atoms with Crippen molar-refractivity contribution in [3.8, 4) is 0 Å². The summed E-state index contributed by atoms with van der Waals surface area (Å²) in [6, 6.07) is -1.07. The van der Waals surface area contributed by atoms with Crippen molar-refractivity contribution in [1.82, 2.24) is 5.32 Å². The predicted molar refractivity (Wildman–Crippen MR) is 65.5 cm³/mol. The monoisotopic (exact) mass is 260 g/mol. The SMILES string of the molecule is C=CCSCC(=O)NC(CCC(N)=O)C(=O)O. The van der Waals surface area contributed by atoms with E-state index in [1.807, 2.05) is 0 Å². The van der Waals surface area contributed by atoms with Crippen molar-refractivity contribution < 1.29 is 19.5 Å². The molecule has 0 bridgehead atoms. The molecule has 1 unspecified atom stereocenters. The lowest BCUT2D eigenvalue weighted by Gasteiger charge is -2.13. The van der Waals surface area contributed by atoms with E-state index in [4.69, 9.17) is 10.8 Å². The Bertz CT molecular complexity index is 307. The van der Waals surface area contributed by atoms with Crippen LogP contribution in [0.4, 0.5) is 0 Å². The Morgan fingerprint density at radius 2 is 2.12 bits per heavy atom. The first-order chi connectivity index (χ1) is 7.97. The number of nitrogens with two attached hydrogens (primary N) is 1. The summed E-state index contributed by atoms with van der Waals surface area (Å²) in [5.74, 6) is -1.37. The highest BCUT2D eigenvalue weighted by Crippen LogP contribution is 2.01. The number of thioether (sulfide) groups is 1. The first kappa shape index (κ1) is 15.5. The molecule has 7 heteroatoms. The van der Waals surface area contributed by atoms with Crippen molar-refractivity contribution in [1.29, 1.82) is 0 Å². The van der Waals surface area contributed by atoms with Crippen LogP contribution >= 0.6 is 11.8 Å². The highest BCUT2D eigenvalue weighted by molar-refractivity contribution is 8.00. The van der Waals surface area contributed by atoms with Gasteiger partial charge in [-0.15, -0.1) is 18.3 Å². The lowest BCUT2D eigenvalue weighted by molar-refractivity contribution is -0.141. The zero-order chi connectivity index (χ0) is 13.3. The van der Waals surface area contributed by atoms with Gasteiger partial charge in [-0.3, -0.25) is 9.59 Å². The topological polar surface area (TPSA) is 109 Å². The van der Waals surface area contributed by atoms with Crippen LogP contribution in [-0.4, -0.2) is 40.4 Å². The summed E-state index contributed by atoms with van der Waals surface area (Å²) in [5.41, 5.74) is 4.91. The quantitative estimate of drug-likeness (QED) is 0.391. The first-order valence-corrected chi connectivity index (χ1v) is 6.12. The highest BCUT2D eigenvalue weighted by Gasteiger charge is 2.20. The molecule has 0 aliphatic heterocycles. The minimum Gasteiger partial charge on any atom is -0.480 e. The molecular weight excluding hydrogens is 244 g/mol. The third kappa shape index (κ3) is 8.32. The fraction of sp³-hybridized carbons (Fsp3) is 0.500. The smallest absolute Gasteiger partial charge is 0.326 e. The molecule has 0 aromatic heterocycles. The Morgan fingerprint density at radius 3 is 2.59 bits per heavy atom. The van der Waals surface area contributed by atoms with Gasteiger partial charge in [0.15, 0.2) is 0 Å². The van der Waals surface area contributed by atoms with Gasteiger partial charge in [0.05, 0.1) is 5.75 Å². The average Bonchev–Trinajstić information content (AvgIpc) is 2.23. The van der Waals surface area contributed by atoms with Crippen molar-refractivity contribution in [2.24, 2.45) is 5.73 Å². The number of carboxylic acid groups (broad SMARTS) is 1. The fourth-order valence-corrected chi connectivity index (χ4v) is 1.57. The third-order valence-corrected chi connectivity index (χ3v) is 2.72. The van der Waals surface area contributed by atoms with Gasteiger partial charge in [0.2, 0.25) is 11.8 Å². The summed E-state index contributed by atoms with van der Waals surface area (Å²) in [5, 5.41) is 11.1. The Balaban J connectivity index is 4.06. The maximum atomic E-state index is 11.3. The zero-order valence-electron chi connectivity index (χ0n) is 9.35. The van der Waals surface area contributed by atoms with E-state index in [9.17, 15) is 14.4 Å². The van der Waals surface area contributed by atoms with Crippen LogP contribution in [0.25, 0.3) is 0 Å². The third-order valence-electron chi connectivity index (χ3n) is 1.78. The van der Waals surface area contributed by atoms with Crippen LogP contribution in [0, 0.1) is 0 Å². The number of primary amides is 1. The normalized spacial score (nSPS) is 11.5. The minimum atomic E-state index is -1.17. The van der Waals surface area contributed by atoms with Crippen molar-refractivity contribution in [3.63, 3.8) is 0 Å². The molecule has 0 fully saturated rings. The molecule has 0 spiro atoms. The van der Waals surface area contributed by atoms with Crippen LogP contribution in [0.3, 0.4) is 0 Å². The summed E-state index contributed by atoms with van der Waals surface area (Å²) >= 11 is 1.32. The molecule has 0 heterocycles. The Morgan fingerprint density at radius 1 is 1.47 bits per heavy atom. The van der Waals surface area contributed by atoms with Crippen LogP contribution in [0.15, 0.2) is 12.7 Å². The van der Waals surface area contributed by atoms with E-state index in [1.54, 1.807) is 6.08 Å². The number of hydrogen-bond acceptors (Lipinski definition) is 4. The van der Waals surface area contributed by atoms with E-state index >= 15 is 0 Å². The number of aliphatic carboxylic acids is 1. The van der Waals surface area contributed by atoms with E-state index in [1.165, 1.54) is 11.8 Å². The van der Waals surface area contributed by atoms with Gasteiger partial charge in [0.25, 0.3) is 0 Å². The Hall–Kier alpha value is -1.50. The molecule has 0 saturated carbocycles. The predicted octanol–water partition coefficient (Wildman–Crippen LogP) is -0.259. The highest BCUT2D eigenvalue weighted by atomic mass is 32.2. The molecule has 4 N–H and O–H groups in total. The summed E-state index contributed by atoms with van der Waals surface area (Å²) in [7, 11) is 0. The van der Waals surface area contributed by atoms with Crippen LogP contribution in [0.5, 0.6) is 0 Å². The van der Waals surface area contributed by atoms with E-state index in [0.717, 1.165) is 0 Å². The first-order valence-electron chi connectivity index (χ1n) is 4.96. The Labute approximate surface area is 104 Å². The second-order valence-corrected chi connectivity index (χ2v) is 4.30. The van der Waals surface area contributed by atoms with Crippen LogP contribution in [0.2, 0.25) is 0 Å². The van der Waals surface area contributed by atoms with Crippen molar-refractivity contribution in [2.45, 2.75) is 18.9 Å². The molecule has 96 valence electrons. The summed E-state index contributed by atoms with van der Waals surface area (Å²) < 4.78 is 0. The second-order valence-electron chi connectivity index (χ2n) is 3.27. The van der Waals surface area contributed by atoms with Gasteiger partial charge in [-0.2, -0.15) is 0 Å². The number of amides is 2. The van der Waals surface area contributed by atoms with Gasteiger partial charge >= 0.3 is 5.97 Å². The van der Waals surface area contributed by atoms with Crippen molar-refractivity contribution >= 4 is 29.5 Å². The van der Waals surface area contributed by atoms with Crippen LogP contribution in [0.1, 0.15) is 12.8 Å². The molecule has 0 saturated heterocycles. The van der Waals surface area contributed by atoms with Gasteiger partial charge in [0, 0.05) is 12.2 Å². The lowest BCUT2D eigenvalue weighted by Crippen LogP contribution is -2.42. The molecular formula is C10H16N2O4S. The molecule has 1 atom stereocenters. The average molecular weight is 260 g/mol. The van der Waals surface area contributed by atoms with E-state index in [-0.39, 0.29) is 24.5 Å². The van der Waals surface area contributed by atoms with E-state index < -0.39 is 17.9 Å². The van der Waals surface area contributed by atoms with E-state index in [0.29, 0.717) is 5.75 Å². The summed E-state index contributed by atoms with van der Waals surface area (Å²) in [6.07, 6.45) is 1.58. The fourth-order valence-electron chi connectivity index (χ4n) is 1.01. The van der Waals surface area contributed by atoms with Gasteiger partial charge in [-0.25, -0.2) is 4.79 Å². The molecule has 0 aliphatic carbocycles. The molecule has 0 aromatic carbocycles.